The molecule has 108 valence electrons. The van der Waals surface area contributed by atoms with Crippen LogP contribution in [0.2, 0.25) is 5.02 Å². The van der Waals surface area contributed by atoms with Gasteiger partial charge in [0.25, 0.3) is 0 Å². The predicted molar refractivity (Wildman–Crippen MR) is 81.7 cm³/mol. The number of halogens is 1. The number of ketones is 1. The van der Waals surface area contributed by atoms with E-state index < -0.39 is 0 Å². The van der Waals surface area contributed by atoms with E-state index in [1.54, 1.807) is 24.3 Å². The van der Waals surface area contributed by atoms with E-state index in [4.69, 9.17) is 21.1 Å². The third-order valence-corrected chi connectivity index (χ3v) is 3.53. The first-order valence-electron chi connectivity index (χ1n) is 6.85. The topological polar surface area (TPSA) is 35.5 Å². The number of rotatable bonds is 2. The average molecular weight is 303 g/mol. The van der Waals surface area contributed by atoms with E-state index in [0.717, 1.165) is 12.0 Å². The highest BCUT2D eigenvalue weighted by Crippen LogP contribution is 2.31. The molecule has 2 aromatic carbocycles. The quantitative estimate of drug-likeness (QED) is 0.785. The van der Waals surface area contributed by atoms with Crippen molar-refractivity contribution >= 4 is 17.4 Å². The first-order chi connectivity index (χ1) is 10.1. The van der Waals surface area contributed by atoms with Crippen LogP contribution in [-0.2, 0) is 0 Å². The molecule has 1 aliphatic rings. The molecule has 0 aliphatic carbocycles. The van der Waals surface area contributed by atoms with E-state index in [-0.39, 0.29) is 5.78 Å². The van der Waals surface area contributed by atoms with Crippen molar-refractivity contribution in [2.75, 3.05) is 13.2 Å². The van der Waals surface area contributed by atoms with Crippen LogP contribution >= 0.6 is 11.6 Å². The lowest BCUT2D eigenvalue weighted by Crippen LogP contribution is -2.03. The van der Waals surface area contributed by atoms with E-state index in [1.165, 1.54) is 0 Å². The van der Waals surface area contributed by atoms with Crippen molar-refractivity contribution in [1.29, 1.82) is 0 Å². The normalized spacial score (nSPS) is 13.6. The lowest BCUT2D eigenvalue weighted by molar-refractivity contribution is 0.103. The Morgan fingerprint density at radius 2 is 1.76 bits per heavy atom. The Bertz CT molecular complexity index is 674. The molecule has 0 saturated heterocycles. The average Bonchev–Trinajstić information content (AvgIpc) is 2.69. The number of fused-ring (bicyclic) bond motifs is 1. The van der Waals surface area contributed by atoms with E-state index in [9.17, 15) is 4.79 Å². The highest BCUT2D eigenvalue weighted by Gasteiger charge is 2.16. The minimum atomic E-state index is -0.0729. The molecule has 1 heterocycles. The van der Waals surface area contributed by atoms with Crippen molar-refractivity contribution in [2.45, 2.75) is 13.3 Å². The third kappa shape index (κ3) is 3.03. The molecule has 21 heavy (non-hydrogen) atoms. The highest BCUT2D eigenvalue weighted by molar-refractivity contribution is 6.31. The minimum absolute atomic E-state index is 0.0729. The van der Waals surface area contributed by atoms with Crippen LogP contribution in [0.5, 0.6) is 11.5 Å². The smallest absolute Gasteiger partial charge is 0.193 e. The second-order valence-corrected chi connectivity index (χ2v) is 5.49. The number of carbonyl (C=O) groups is 1. The lowest BCUT2D eigenvalue weighted by Gasteiger charge is -2.09. The predicted octanol–water partition coefficient (Wildman–Crippen LogP) is 4.04. The van der Waals surface area contributed by atoms with Gasteiger partial charge in [0.2, 0.25) is 0 Å². The molecule has 0 aromatic heterocycles. The summed E-state index contributed by atoms with van der Waals surface area (Å²) in [5.74, 6) is 1.24. The fourth-order valence-electron chi connectivity index (χ4n) is 2.34. The molecule has 0 unspecified atom stereocenters. The molecule has 3 rings (SSSR count). The van der Waals surface area contributed by atoms with Crippen molar-refractivity contribution < 1.29 is 14.3 Å². The summed E-state index contributed by atoms with van der Waals surface area (Å²) >= 11 is 6.02. The highest BCUT2D eigenvalue weighted by atomic mass is 35.5. The summed E-state index contributed by atoms with van der Waals surface area (Å²) in [7, 11) is 0. The molecule has 4 heteroatoms. The molecule has 1 aliphatic heterocycles. The zero-order valence-electron chi connectivity index (χ0n) is 11.7. The number of hydrogen-bond acceptors (Lipinski definition) is 3. The van der Waals surface area contributed by atoms with Crippen LogP contribution < -0.4 is 9.47 Å². The van der Waals surface area contributed by atoms with Gasteiger partial charge < -0.3 is 9.47 Å². The first kappa shape index (κ1) is 14.0. The van der Waals surface area contributed by atoms with Gasteiger partial charge in [-0.25, -0.2) is 0 Å². The molecule has 0 N–H and O–H groups in total. The van der Waals surface area contributed by atoms with Crippen LogP contribution in [0.4, 0.5) is 0 Å². The van der Waals surface area contributed by atoms with Gasteiger partial charge in [-0.15, -0.1) is 0 Å². The maximum Gasteiger partial charge on any atom is 0.193 e. The SMILES string of the molecule is Cc1cc(Cl)cc(C(=O)c2ccc3c(c2)OCCCO3)c1. The Morgan fingerprint density at radius 1 is 1.00 bits per heavy atom. The molecule has 3 nitrogen and oxygen atoms in total. The molecule has 0 bridgehead atoms. The van der Waals surface area contributed by atoms with Crippen LogP contribution in [0.3, 0.4) is 0 Å². The monoisotopic (exact) mass is 302 g/mol. The summed E-state index contributed by atoms with van der Waals surface area (Å²) in [6, 6.07) is 10.6. The molecule has 0 atom stereocenters. The summed E-state index contributed by atoms with van der Waals surface area (Å²) < 4.78 is 11.2. The fourth-order valence-corrected chi connectivity index (χ4v) is 2.63. The summed E-state index contributed by atoms with van der Waals surface area (Å²) in [6.07, 6.45) is 0.839. The fraction of sp³-hybridized carbons (Fsp3) is 0.235. The van der Waals surface area contributed by atoms with Gasteiger partial charge in [0.1, 0.15) is 0 Å². The minimum Gasteiger partial charge on any atom is -0.490 e. The molecule has 0 amide bonds. The zero-order chi connectivity index (χ0) is 14.8. The van der Waals surface area contributed by atoms with Gasteiger partial charge in [-0.3, -0.25) is 4.79 Å². The number of hydrogen-bond donors (Lipinski definition) is 0. The van der Waals surface area contributed by atoms with Crippen LogP contribution in [0.1, 0.15) is 27.9 Å². The van der Waals surface area contributed by atoms with Crippen molar-refractivity contribution in [3.05, 3.63) is 58.1 Å². The molecular weight excluding hydrogens is 288 g/mol. The largest absolute Gasteiger partial charge is 0.490 e. The van der Waals surface area contributed by atoms with Crippen molar-refractivity contribution in [1.82, 2.24) is 0 Å². The molecule has 2 aromatic rings. The van der Waals surface area contributed by atoms with Gasteiger partial charge in [-0.2, -0.15) is 0 Å². The van der Waals surface area contributed by atoms with Crippen LogP contribution in [0.25, 0.3) is 0 Å². The number of carbonyl (C=O) groups excluding carboxylic acids is 1. The number of aryl methyl sites for hydroxylation is 1. The molecular formula is C17H15ClO3. The van der Waals surface area contributed by atoms with Gasteiger partial charge in [-0.1, -0.05) is 11.6 Å². The standard InChI is InChI=1S/C17H15ClO3/c1-11-7-13(9-14(18)8-11)17(19)12-3-4-15-16(10-12)21-6-2-5-20-15/h3-4,7-10H,2,5-6H2,1H3. The van der Waals surface area contributed by atoms with E-state index in [2.05, 4.69) is 0 Å². The van der Waals surface area contributed by atoms with E-state index in [0.29, 0.717) is 40.9 Å². The third-order valence-electron chi connectivity index (χ3n) is 3.31. The summed E-state index contributed by atoms with van der Waals surface area (Å²) in [6.45, 7) is 3.14. The number of benzene rings is 2. The summed E-state index contributed by atoms with van der Waals surface area (Å²) in [4.78, 5) is 12.6. The second kappa shape index (κ2) is 5.78. The molecule has 0 fully saturated rings. The van der Waals surface area contributed by atoms with E-state index >= 15 is 0 Å². The lowest BCUT2D eigenvalue weighted by atomic mass is 10.0. The Balaban J connectivity index is 1.96. The second-order valence-electron chi connectivity index (χ2n) is 5.06. The first-order valence-corrected chi connectivity index (χ1v) is 7.23. The van der Waals surface area contributed by atoms with Crippen molar-refractivity contribution in [2.24, 2.45) is 0 Å². The van der Waals surface area contributed by atoms with Crippen LogP contribution in [0.15, 0.2) is 36.4 Å². The molecule has 0 spiro atoms. The Morgan fingerprint density at radius 3 is 2.52 bits per heavy atom. The van der Waals surface area contributed by atoms with Gasteiger partial charge in [0, 0.05) is 22.6 Å². The van der Waals surface area contributed by atoms with Gasteiger partial charge in [-0.05, 0) is 48.9 Å². The van der Waals surface area contributed by atoms with Crippen LogP contribution in [0, 0.1) is 6.92 Å². The number of ether oxygens (including phenoxy) is 2. The van der Waals surface area contributed by atoms with Gasteiger partial charge >= 0.3 is 0 Å². The Hall–Kier alpha value is -2.00. The van der Waals surface area contributed by atoms with E-state index in [1.807, 2.05) is 19.1 Å². The maximum atomic E-state index is 12.6. The Labute approximate surface area is 128 Å². The van der Waals surface area contributed by atoms with Gasteiger partial charge in [0.15, 0.2) is 17.3 Å². The van der Waals surface area contributed by atoms with Crippen molar-refractivity contribution in [3.8, 4) is 11.5 Å². The van der Waals surface area contributed by atoms with Crippen molar-refractivity contribution in [3.63, 3.8) is 0 Å². The maximum absolute atomic E-state index is 12.6. The molecule has 0 radical (unpaired) electrons. The Kier molecular flexibility index (Phi) is 3.84. The summed E-state index contributed by atoms with van der Waals surface area (Å²) in [5.41, 5.74) is 2.11. The van der Waals surface area contributed by atoms with Gasteiger partial charge in [0.05, 0.1) is 13.2 Å². The molecule has 0 saturated carbocycles. The van der Waals surface area contributed by atoms with Crippen LogP contribution in [-0.4, -0.2) is 19.0 Å². The summed E-state index contributed by atoms with van der Waals surface area (Å²) in [5, 5.41) is 0.563. The zero-order valence-corrected chi connectivity index (χ0v) is 12.4.